The topological polar surface area (TPSA) is 60.9 Å². The first-order valence-electron chi connectivity index (χ1n) is 11.1. The molecule has 0 saturated heterocycles. The number of aromatic nitrogens is 3. The van der Waals surface area contributed by atoms with Crippen LogP contribution in [0.4, 0.5) is 5.82 Å². The molecule has 3 aromatic heterocycles. The van der Waals surface area contributed by atoms with Crippen molar-refractivity contribution in [2.75, 3.05) is 5.73 Å². The van der Waals surface area contributed by atoms with Crippen molar-refractivity contribution in [2.45, 2.75) is 32.9 Å². The summed E-state index contributed by atoms with van der Waals surface area (Å²) in [4.78, 5) is 4.91. The summed E-state index contributed by atoms with van der Waals surface area (Å²) in [7, 11) is 0. The second-order valence-corrected chi connectivity index (χ2v) is 8.00. The first-order chi connectivity index (χ1) is 15.8. The molecule has 0 atom stereocenters. The van der Waals surface area contributed by atoms with Gasteiger partial charge >= 0.3 is 0 Å². The van der Waals surface area contributed by atoms with Crippen molar-refractivity contribution >= 4 is 16.9 Å². The highest BCUT2D eigenvalue weighted by Gasteiger charge is 2.27. The van der Waals surface area contributed by atoms with Crippen LogP contribution in [0.5, 0.6) is 0 Å². The van der Waals surface area contributed by atoms with Crippen molar-refractivity contribution in [1.82, 2.24) is 9.55 Å². The zero-order valence-electron chi connectivity index (χ0n) is 18.2. The minimum Gasteiger partial charge on any atom is -0.467 e. The lowest BCUT2D eigenvalue weighted by Gasteiger charge is -2.11. The molecule has 5 nitrogen and oxygen atoms in total. The lowest BCUT2D eigenvalue weighted by atomic mass is 9.99. The Hall–Kier alpha value is -3.86. The summed E-state index contributed by atoms with van der Waals surface area (Å²) in [5.74, 6) is 1.62. The van der Waals surface area contributed by atoms with Crippen LogP contribution in [-0.4, -0.2) is 9.55 Å². The van der Waals surface area contributed by atoms with E-state index in [9.17, 15) is 0 Å². The van der Waals surface area contributed by atoms with E-state index >= 15 is 0 Å². The molecule has 5 rings (SSSR count). The highest BCUT2D eigenvalue weighted by molar-refractivity contribution is 6.07. The normalized spacial score (nSPS) is 11.3. The third-order valence-corrected chi connectivity index (χ3v) is 5.88. The molecule has 32 heavy (non-hydrogen) atoms. The van der Waals surface area contributed by atoms with Gasteiger partial charge in [-0.25, -0.2) is 4.57 Å². The van der Waals surface area contributed by atoms with Gasteiger partial charge in [0.2, 0.25) is 17.8 Å². The van der Waals surface area contributed by atoms with Crippen LogP contribution < -0.4 is 10.3 Å². The van der Waals surface area contributed by atoms with E-state index in [1.165, 1.54) is 0 Å². The highest BCUT2D eigenvalue weighted by Crippen LogP contribution is 2.42. The SMILES string of the molecule is CCCC[n+]1cnc2c(c(-c3ccccc3)c(-c3ccccc3)n2Cc2ccco2)c1N. The smallest absolute Gasteiger partial charge is 0.232 e. The number of hydrogen-bond acceptors (Lipinski definition) is 3. The van der Waals surface area contributed by atoms with Gasteiger partial charge in [0, 0.05) is 5.56 Å². The number of rotatable bonds is 7. The molecule has 3 heterocycles. The van der Waals surface area contributed by atoms with Crippen LogP contribution in [-0.2, 0) is 13.1 Å². The monoisotopic (exact) mass is 423 g/mol. The molecule has 0 unspecified atom stereocenters. The van der Waals surface area contributed by atoms with Crippen LogP contribution in [0.25, 0.3) is 33.4 Å². The van der Waals surface area contributed by atoms with E-state index in [-0.39, 0.29) is 0 Å². The maximum Gasteiger partial charge on any atom is 0.232 e. The lowest BCUT2D eigenvalue weighted by Crippen LogP contribution is -2.37. The van der Waals surface area contributed by atoms with E-state index in [1.54, 1.807) is 6.26 Å². The molecule has 0 spiro atoms. The van der Waals surface area contributed by atoms with Crippen molar-refractivity contribution in [2.24, 2.45) is 0 Å². The van der Waals surface area contributed by atoms with E-state index in [2.05, 4.69) is 64.6 Å². The Bertz CT molecular complexity index is 1320. The number of benzene rings is 2. The molecule has 0 saturated carbocycles. The van der Waals surface area contributed by atoms with Gasteiger partial charge in [-0.1, -0.05) is 79.0 Å². The van der Waals surface area contributed by atoms with Gasteiger partial charge in [0.05, 0.1) is 25.0 Å². The van der Waals surface area contributed by atoms with E-state index in [4.69, 9.17) is 15.1 Å². The molecule has 0 bridgehead atoms. The standard InChI is InChI=1S/C27H26N4O/c1-2-3-16-30-19-29-27-24(26(30)28)23(20-11-6-4-7-12-20)25(21-13-8-5-9-14-21)31(27)18-22-15-10-17-32-22/h4-15,17,19,28H,2-3,16,18H2,1H3/p+1. The molecule has 2 N–H and O–H groups in total. The van der Waals surface area contributed by atoms with Gasteiger partial charge < -0.3 is 14.7 Å². The molecule has 2 aromatic carbocycles. The average Bonchev–Trinajstić information content (AvgIpc) is 3.47. The third kappa shape index (κ3) is 3.56. The Labute approximate surface area is 187 Å². The average molecular weight is 424 g/mol. The first-order valence-corrected chi connectivity index (χ1v) is 11.1. The number of aryl methyl sites for hydroxylation is 1. The first kappa shape index (κ1) is 20.1. The van der Waals surface area contributed by atoms with E-state index in [0.717, 1.165) is 64.4 Å². The minimum atomic E-state index is 0.575. The summed E-state index contributed by atoms with van der Waals surface area (Å²) in [5, 5.41) is 0.986. The molecular formula is C27H27N4O+. The van der Waals surface area contributed by atoms with Gasteiger partial charge in [0.25, 0.3) is 0 Å². The Morgan fingerprint density at radius 1 is 0.938 bits per heavy atom. The molecule has 5 heteroatoms. The van der Waals surface area contributed by atoms with Gasteiger partial charge in [0.1, 0.15) is 11.1 Å². The van der Waals surface area contributed by atoms with E-state index in [1.807, 2.05) is 30.6 Å². The Kier molecular flexibility index (Phi) is 5.46. The number of nitrogens with two attached hydrogens (primary N) is 1. The van der Waals surface area contributed by atoms with Crippen LogP contribution in [0.1, 0.15) is 25.5 Å². The molecular weight excluding hydrogens is 396 g/mol. The zero-order chi connectivity index (χ0) is 21.9. The van der Waals surface area contributed by atoms with E-state index < -0.39 is 0 Å². The van der Waals surface area contributed by atoms with Gasteiger partial charge in [-0.2, -0.15) is 0 Å². The number of furan rings is 1. The third-order valence-electron chi connectivity index (χ3n) is 5.88. The summed E-state index contributed by atoms with van der Waals surface area (Å²) in [6.45, 7) is 3.61. The van der Waals surface area contributed by atoms with Gasteiger partial charge in [-0.3, -0.25) is 0 Å². The minimum absolute atomic E-state index is 0.575. The quantitative estimate of drug-likeness (QED) is 0.343. The molecule has 0 aliphatic heterocycles. The molecule has 0 amide bonds. The molecule has 0 aliphatic carbocycles. The van der Waals surface area contributed by atoms with Gasteiger partial charge in [0.15, 0.2) is 0 Å². The van der Waals surface area contributed by atoms with Crippen LogP contribution in [0, 0.1) is 0 Å². The molecule has 0 radical (unpaired) electrons. The summed E-state index contributed by atoms with van der Waals surface area (Å²) in [6, 6.07) is 24.8. The summed E-state index contributed by atoms with van der Waals surface area (Å²) in [6.07, 6.45) is 5.74. The van der Waals surface area contributed by atoms with Crippen molar-refractivity contribution < 1.29 is 8.98 Å². The summed E-state index contributed by atoms with van der Waals surface area (Å²) >= 11 is 0. The fourth-order valence-corrected chi connectivity index (χ4v) is 4.31. The van der Waals surface area contributed by atoms with Gasteiger partial charge in [-0.15, -0.1) is 0 Å². The van der Waals surface area contributed by atoms with Crippen molar-refractivity contribution in [3.63, 3.8) is 0 Å². The maximum absolute atomic E-state index is 6.82. The largest absolute Gasteiger partial charge is 0.467 e. The van der Waals surface area contributed by atoms with Crippen LogP contribution in [0.2, 0.25) is 0 Å². The molecule has 5 aromatic rings. The Morgan fingerprint density at radius 2 is 1.66 bits per heavy atom. The fraction of sp³-hybridized carbons (Fsp3) is 0.185. The second-order valence-electron chi connectivity index (χ2n) is 8.00. The van der Waals surface area contributed by atoms with E-state index in [0.29, 0.717) is 6.54 Å². The number of nitrogens with zero attached hydrogens (tertiary/aromatic N) is 3. The number of fused-ring (bicyclic) bond motifs is 1. The number of unbranched alkanes of at least 4 members (excludes halogenated alkanes) is 1. The second kappa shape index (κ2) is 8.71. The molecule has 0 fully saturated rings. The summed E-state index contributed by atoms with van der Waals surface area (Å²) < 4.78 is 10.0. The predicted octanol–water partition coefficient (Wildman–Crippen LogP) is 5.68. The fourth-order valence-electron chi connectivity index (χ4n) is 4.31. The number of anilines is 1. The molecule has 0 aliphatic rings. The number of nitrogen functional groups attached to an aromatic ring is 1. The maximum atomic E-state index is 6.82. The lowest BCUT2D eigenvalue weighted by molar-refractivity contribution is -0.684. The summed E-state index contributed by atoms with van der Waals surface area (Å²) in [5.41, 5.74) is 12.1. The molecule has 160 valence electrons. The van der Waals surface area contributed by atoms with Crippen LogP contribution in [0.3, 0.4) is 0 Å². The Morgan fingerprint density at radius 3 is 2.31 bits per heavy atom. The Balaban J connectivity index is 1.87. The van der Waals surface area contributed by atoms with Crippen molar-refractivity contribution in [3.8, 4) is 22.4 Å². The number of hydrogen-bond donors (Lipinski definition) is 1. The predicted molar refractivity (Wildman–Crippen MR) is 128 cm³/mol. The highest BCUT2D eigenvalue weighted by atomic mass is 16.3. The zero-order valence-corrected chi connectivity index (χ0v) is 18.2. The van der Waals surface area contributed by atoms with Gasteiger partial charge in [-0.05, 0) is 29.7 Å². The van der Waals surface area contributed by atoms with Crippen LogP contribution >= 0.6 is 0 Å². The van der Waals surface area contributed by atoms with Crippen molar-refractivity contribution in [1.29, 1.82) is 0 Å². The van der Waals surface area contributed by atoms with Crippen LogP contribution in [0.15, 0.2) is 89.8 Å². The van der Waals surface area contributed by atoms with Crippen molar-refractivity contribution in [3.05, 3.63) is 91.1 Å².